The van der Waals surface area contributed by atoms with E-state index in [-0.39, 0.29) is 11.6 Å². The Balaban J connectivity index is 2.10. The smallest absolute Gasteiger partial charge is 0.149 e. The second-order valence-electron chi connectivity index (χ2n) is 6.12. The van der Waals surface area contributed by atoms with Crippen molar-refractivity contribution in [1.29, 1.82) is 0 Å². The summed E-state index contributed by atoms with van der Waals surface area (Å²) >= 11 is 5.74. The fraction of sp³-hybridized carbons (Fsp3) is 0.278. The van der Waals surface area contributed by atoms with Crippen LogP contribution in [0.3, 0.4) is 0 Å². The Labute approximate surface area is 139 Å². The van der Waals surface area contributed by atoms with E-state index in [0.717, 1.165) is 16.5 Å². The minimum atomic E-state index is -0.392. The van der Waals surface area contributed by atoms with E-state index in [9.17, 15) is 9.50 Å². The first-order valence-electron chi connectivity index (χ1n) is 7.44. The number of rotatable bonds is 4. The second-order valence-corrected chi connectivity index (χ2v) is 6.50. The number of aromatic hydroxyl groups is 1. The summed E-state index contributed by atoms with van der Waals surface area (Å²) in [7, 11) is 0. The van der Waals surface area contributed by atoms with Gasteiger partial charge in [0.15, 0.2) is 0 Å². The molecule has 0 aliphatic rings. The van der Waals surface area contributed by atoms with Gasteiger partial charge in [-0.3, -0.25) is 4.68 Å². The maximum absolute atomic E-state index is 14.6. The Kier molecular flexibility index (Phi) is 4.02. The maximum Gasteiger partial charge on any atom is 0.149 e. The van der Waals surface area contributed by atoms with E-state index in [1.165, 1.54) is 0 Å². The van der Waals surface area contributed by atoms with Gasteiger partial charge in [0.25, 0.3) is 0 Å². The number of nitrogens with zero attached hydrogens (tertiary/aromatic N) is 2. The fourth-order valence-corrected chi connectivity index (χ4v) is 3.00. The van der Waals surface area contributed by atoms with Crippen LogP contribution in [-0.4, -0.2) is 20.8 Å². The van der Waals surface area contributed by atoms with Gasteiger partial charge in [0.2, 0.25) is 0 Å². The first-order valence-corrected chi connectivity index (χ1v) is 7.98. The monoisotopic (exact) mass is 332 g/mol. The third kappa shape index (κ3) is 2.79. The molecule has 2 aromatic carbocycles. The van der Waals surface area contributed by atoms with Crippen LogP contribution in [0.25, 0.3) is 10.9 Å². The molecule has 1 aromatic heterocycles. The van der Waals surface area contributed by atoms with Gasteiger partial charge >= 0.3 is 0 Å². The predicted molar refractivity (Wildman–Crippen MR) is 90.6 cm³/mol. The van der Waals surface area contributed by atoms with Crippen LogP contribution in [0.1, 0.15) is 25.0 Å². The van der Waals surface area contributed by atoms with Gasteiger partial charge in [-0.1, -0.05) is 26.0 Å². The zero-order valence-electron chi connectivity index (χ0n) is 13.1. The molecule has 0 aliphatic carbocycles. The lowest BCUT2D eigenvalue weighted by atomic mass is 9.78. The zero-order valence-corrected chi connectivity index (χ0v) is 13.8. The quantitative estimate of drug-likeness (QED) is 0.717. The first kappa shape index (κ1) is 15.8. The Hall–Kier alpha value is -2.07. The molecule has 3 rings (SSSR count). The molecular weight excluding hydrogens is 315 g/mol. The maximum atomic E-state index is 14.6. The average Bonchev–Trinajstić information content (AvgIpc) is 2.92. The van der Waals surface area contributed by atoms with Gasteiger partial charge in [-0.2, -0.15) is 5.10 Å². The zero-order chi connectivity index (χ0) is 16.6. The van der Waals surface area contributed by atoms with Crippen molar-refractivity contribution in [3.05, 3.63) is 59.5 Å². The predicted octanol–water partition coefficient (Wildman–Crippen LogP) is 4.45. The molecule has 0 unspecified atom stereocenters. The molecule has 1 N–H and O–H groups in total. The van der Waals surface area contributed by atoms with Crippen molar-refractivity contribution in [2.24, 2.45) is 0 Å². The number of aromatic nitrogens is 2. The Morgan fingerprint density at radius 1 is 1.17 bits per heavy atom. The van der Waals surface area contributed by atoms with Crippen molar-refractivity contribution in [2.45, 2.75) is 25.8 Å². The van der Waals surface area contributed by atoms with Crippen LogP contribution < -0.4 is 0 Å². The molecule has 0 amide bonds. The minimum Gasteiger partial charge on any atom is -0.508 e. The van der Waals surface area contributed by atoms with Crippen molar-refractivity contribution in [3.63, 3.8) is 0 Å². The molecule has 0 spiro atoms. The summed E-state index contributed by atoms with van der Waals surface area (Å²) in [5.41, 5.74) is 1.95. The van der Waals surface area contributed by atoms with Gasteiger partial charge in [0.05, 0.1) is 12.7 Å². The Bertz CT molecular complexity index is 840. The molecule has 5 heteroatoms. The van der Waals surface area contributed by atoms with E-state index in [0.29, 0.717) is 17.9 Å². The van der Waals surface area contributed by atoms with Crippen molar-refractivity contribution in [1.82, 2.24) is 9.78 Å². The molecule has 3 aromatic rings. The number of phenols is 1. The number of halogens is 2. The van der Waals surface area contributed by atoms with Crippen molar-refractivity contribution >= 4 is 22.5 Å². The summed E-state index contributed by atoms with van der Waals surface area (Å²) in [6, 6.07) is 10.5. The van der Waals surface area contributed by atoms with E-state index in [1.54, 1.807) is 29.1 Å². The molecule has 23 heavy (non-hydrogen) atoms. The van der Waals surface area contributed by atoms with Crippen molar-refractivity contribution in [2.75, 3.05) is 5.88 Å². The Morgan fingerprint density at radius 2 is 1.87 bits per heavy atom. The number of aryl methyl sites for hydroxylation is 1. The third-order valence-electron chi connectivity index (χ3n) is 4.29. The topological polar surface area (TPSA) is 38.1 Å². The highest BCUT2D eigenvalue weighted by atomic mass is 35.5. The van der Waals surface area contributed by atoms with Crippen LogP contribution in [-0.2, 0) is 12.0 Å². The van der Waals surface area contributed by atoms with E-state index >= 15 is 0 Å². The summed E-state index contributed by atoms with van der Waals surface area (Å²) < 4.78 is 16.2. The second kappa shape index (κ2) is 5.85. The Morgan fingerprint density at radius 3 is 2.52 bits per heavy atom. The minimum absolute atomic E-state index is 0.216. The highest BCUT2D eigenvalue weighted by Crippen LogP contribution is 2.35. The summed E-state index contributed by atoms with van der Waals surface area (Å²) in [6.45, 7) is 4.54. The number of benzene rings is 2. The van der Waals surface area contributed by atoms with Gasteiger partial charge in [-0.15, -0.1) is 11.6 Å². The highest BCUT2D eigenvalue weighted by Gasteiger charge is 2.25. The van der Waals surface area contributed by atoms with Crippen molar-refractivity contribution in [3.8, 4) is 5.75 Å². The summed E-state index contributed by atoms with van der Waals surface area (Å²) in [4.78, 5) is 0. The van der Waals surface area contributed by atoms with Gasteiger partial charge < -0.3 is 5.11 Å². The molecule has 3 nitrogen and oxygen atoms in total. The summed E-state index contributed by atoms with van der Waals surface area (Å²) in [6.07, 6.45) is 1.67. The normalized spacial score (nSPS) is 12.0. The number of fused-ring (bicyclic) bond motifs is 1. The molecule has 120 valence electrons. The van der Waals surface area contributed by atoms with Crippen LogP contribution in [0.5, 0.6) is 5.75 Å². The molecule has 1 heterocycles. The fourth-order valence-electron chi connectivity index (χ4n) is 2.84. The van der Waals surface area contributed by atoms with Gasteiger partial charge in [0.1, 0.15) is 17.1 Å². The first-order chi connectivity index (χ1) is 10.9. The van der Waals surface area contributed by atoms with E-state index in [1.807, 2.05) is 32.0 Å². The molecule has 0 fully saturated rings. The van der Waals surface area contributed by atoms with Crippen LogP contribution in [0, 0.1) is 5.82 Å². The molecule has 0 atom stereocenters. The average molecular weight is 333 g/mol. The molecular formula is C18H18ClFN2O. The largest absolute Gasteiger partial charge is 0.508 e. The van der Waals surface area contributed by atoms with Crippen LogP contribution in [0.4, 0.5) is 4.39 Å². The lowest BCUT2D eigenvalue weighted by Crippen LogP contribution is -2.19. The summed E-state index contributed by atoms with van der Waals surface area (Å²) in [5.74, 6) is 0.303. The van der Waals surface area contributed by atoms with E-state index in [4.69, 9.17) is 11.6 Å². The third-order valence-corrected chi connectivity index (χ3v) is 4.46. The molecule has 0 bridgehead atoms. The van der Waals surface area contributed by atoms with Crippen LogP contribution in [0.15, 0.2) is 42.6 Å². The lowest BCUT2D eigenvalue weighted by Gasteiger charge is -2.26. The molecule has 0 saturated carbocycles. The van der Waals surface area contributed by atoms with E-state index < -0.39 is 5.41 Å². The number of phenolic OH excluding ortho intramolecular Hbond substituents is 1. The van der Waals surface area contributed by atoms with Crippen LogP contribution >= 0.6 is 11.6 Å². The van der Waals surface area contributed by atoms with Gasteiger partial charge in [-0.25, -0.2) is 4.39 Å². The standard InChI is InChI=1S/C18H18ClFN2O/c1-18(2,13-3-5-15(23)6-4-13)14-9-12-11-21-22(8-7-19)17(12)16(20)10-14/h3-6,9-11,23H,7-8H2,1-2H3. The van der Waals surface area contributed by atoms with Crippen LogP contribution in [0.2, 0.25) is 0 Å². The lowest BCUT2D eigenvalue weighted by molar-refractivity contribution is 0.474. The summed E-state index contributed by atoms with van der Waals surface area (Å²) in [5, 5.41) is 14.4. The number of hydrogen-bond acceptors (Lipinski definition) is 2. The van der Waals surface area contributed by atoms with Gasteiger partial charge in [0, 0.05) is 16.7 Å². The van der Waals surface area contributed by atoms with Crippen molar-refractivity contribution < 1.29 is 9.50 Å². The molecule has 0 saturated heterocycles. The van der Waals surface area contributed by atoms with Gasteiger partial charge in [-0.05, 0) is 35.4 Å². The number of alkyl halides is 1. The highest BCUT2D eigenvalue weighted by molar-refractivity contribution is 6.17. The molecule has 0 aliphatic heterocycles. The molecule has 0 radical (unpaired) electrons. The number of hydrogen-bond donors (Lipinski definition) is 1. The van der Waals surface area contributed by atoms with E-state index in [2.05, 4.69) is 5.10 Å². The SMILES string of the molecule is CC(C)(c1ccc(O)cc1)c1cc(F)c2c(cnn2CCCl)c1.